The van der Waals surface area contributed by atoms with Crippen molar-refractivity contribution < 1.29 is 0 Å². The number of hydrogen-bond donors (Lipinski definition) is 0. The molecule has 0 saturated carbocycles. The monoisotopic (exact) mass is 204 g/mol. The minimum atomic E-state index is 1.14. The van der Waals surface area contributed by atoms with E-state index in [1.54, 1.807) is 0 Å². The molecule has 0 aliphatic carbocycles. The van der Waals surface area contributed by atoms with E-state index in [4.69, 9.17) is 0 Å². The van der Waals surface area contributed by atoms with Crippen LogP contribution in [0, 0.1) is 0 Å². The standard InChI is InChI=1S/C11H8S2/c1-3-8-4-2-6-10-11(8)9(5-1)7-12-13-10/h1-6H,7H2. The first-order chi connectivity index (χ1) is 6.45. The SMILES string of the molecule is c1cc2c3c(cccc3c1)SSC2. The van der Waals surface area contributed by atoms with E-state index in [-0.39, 0.29) is 0 Å². The smallest absolute Gasteiger partial charge is 0.0298 e. The second-order valence-corrected chi connectivity index (χ2v) is 5.45. The summed E-state index contributed by atoms with van der Waals surface area (Å²) in [4.78, 5) is 1.42. The summed E-state index contributed by atoms with van der Waals surface area (Å²) < 4.78 is 0. The average molecular weight is 204 g/mol. The van der Waals surface area contributed by atoms with Crippen molar-refractivity contribution in [3.63, 3.8) is 0 Å². The molecule has 0 fully saturated rings. The van der Waals surface area contributed by atoms with Gasteiger partial charge in [0.25, 0.3) is 0 Å². The van der Waals surface area contributed by atoms with E-state index in [9.17, 15) is 0 Å². The Kier molecular flexibility index (Phi) is 1.77. The first kappa shape index (κ1) is 7.77. The molecule has 2 aromatic carbocycles. The maximum absolute atomic E-state index is 2.23. The topological polar surface area (TPSA) is 0 Å². The second kappa shape index (κ2) is 2.96. The Hall–Kier alpha value is -0.600. The van der Waals surface area contributed by atoms with Gasteiger partial charge >= 0.3 is 0 Å². The highest BCUT2D eigenvalue weighted by atomic mass is 33.1. The van der Waals surface area contributed by atoms with Crippen LogP contribution in [0.4, 0.5) is 0 Å². The molecule has 0 amide bonds. The molecule has 0 unspecified atom stereocenters. The van der Waals surface area contributed by atoms with Crippen molar-refractivity contribution in [3.05, 3.63) is 42.0 Å². The fourth-order valence-electron chi connectivity index (χ4n) is 1.73. The summed E-state index contributed by atoms with van der Waals surface area (Å²) in [6, 6.07) is 13.1. The third-order valence-electron chi connectivity index (χ3n) is 2.32. The zero-order valence-electron chi connectivity index (χ0n) is 6.99. The molecule has 0 nitrogen and oxygen atoms in total. The normalized spacial score (nSPS) is 14.8. The highest BCUT2D eigenvalue weighted by Crippen LogP contribution is 2.44. The van der Waals surface area contributed by atoms with Crippen molar-refractivity contribution in [2.75, 3.05) is 0 Å². The fourth-order valence-corrected chi connectivity index (χ4v) is 4.10. The molecule has 0 aromatic heterocycles. The highest BCUT2D eigenvalue weighted by Gasteiger charge is 2.11. The number of hydrogen-bond acceptors (Lipinski definition) is 2. The van der Waals surface area contributed by atoms with Crippen molar-refractivity contribution in [2.45, 2.75) is 10.6 Å². The van der Waals surface area contributed by atoms with Crippen LogP contribution in [0.3, 0.4) is 0 Å². The first-order valence-electron chi connectivity index (χ1n) is 4.25. The van der Waals surface area contributed by atoms with E-state index < -0.39 is 0 Å². The molecule has 0 spiro atoms. The van der Waals surface area contributed by atoms with E-state index in [0.29, 0.717) is 0 Å². The van der Waals surface area contributed by atoms with Crippen molar-refractivity contribution in [1.82, 2.24) is 0 Å². The summed E-state index contributed by atoms with van der Waals surface area (Å²) in [7, 11) is 3.83. The van der Waals surface area contributed by atoms with Crippen LogP contribution in [0.15, 0.2) is 41.3 Å². The van der Waals surface area contributed by atoms with Crippen LogP contribution < -0.4 is 0 Å². The Morgan fingerprint density at radius 2 is 1.85 bits per heavy atom. The van der Waals surface area contributed by atoms with Gasteiger partial charge in [0, 0.05) is 16.0 Å². The van der Waals surface area contributed by atoms with Crippen molar-refractivity contribution >= 4 is 32.4 Å². The largest absolute Gasteiger partial charge is 0.0841 e. The summed E-state index contributed by atoms with van der Waals surface area (Å²) in [5, 5.41) is 2.84. The Labute approximate surface area is 85.1 Å². The molecule has 64 valence electrons. The summed E-state index contributed by atoms with van der Waals surface area (Å²) in [5.41, 5.74) is 1.48. The Morgan fingerprint density at radius 3 is 2.77 bits per heavy atom. The van der Waals surface area contributed by atoms with Gasteiger partial charge in [-0.25, -0.2) is 0 Å². The third kappa shape index (κ3) is 1.17. The molecule has 2 heteroatoms. The average Bonchev–Trinajstić information content (AvgIpc) is 2.19. The molecule has 1 heterocycles. The van der Waals surface area contributed by atoms with E-state index in [0.717, 1.165) is 5.75 Å². The molecular weight excluding hydrogens is 196 g/mol. The summed E-state index contributed by atoms with van der Waals surface area (Å²) in [6.45, 7) is 0. The van der Waals surface area contributed by atoms with Crippen molar-refractivity contribution in [2.24, 2.45) is 0 Å². The van der Waals surface area contributed by atoms with Gasteiger partial charge in [-0.15, -0.1) is 0 Å². The summed E-state index contributed by atoms with van der Waals surface area (Å²) in [6.07, 6.45) is 0. The summed E-state index contributed by atoms with van der Waals surface area (Å²) in [5.74, 6) is 1.14. The third-order valence-corrected chi connectivity index (χ3v) is 4.63. The lowest BCUT2D eigenvalue weighted by Gasteiger charge is -2.15. The molecule has 13 heavy (non-hydrogen) atoms. The van der Waals surface area contributed by atoms with E-state index in [1.807, 2.05) is 21.6 Å². The van der Waals surface area contributed by atoms with Gasteiger partial charge in [-0.1, -0.05) is 51.9 Å². The van der Waals surface area contributed by atoms with Gasteiger partial charge < -0.3 is 0 Å². The van der Waals surface area contributed by atoms with Gasteiger partial charge in [0.15, 0.2) is 0 Å². The Morgan fingerprint density at radius 1 is 1.00 bits per heavy atom. The molecule has 1 aliphatic heterocycles. The lowest BCUT2D eigenvalue weighted by atomic mass is 10.1. The van der Waals surface area contributed by atoms with Gasteiger partial charge in [-0.2, -0.15) is 0 Å². The summed E-state index contributed by atoms with van der Waals surface area (Å²) >= 11 is 0. The van der Waals surface area contributed by atoms with Crippen LogP contribution in [-0.4, -0.2) is 0 Å². The van der Waals surface area contributed by atoms with Gasteiger partial charge in [0.1, 0.15) is 0 Å². The lowest BCUT2D eigenvalue weighted by Crippen LogP contribution is -1.89. The van der Waals surface area contributed by atoms with Crippen molar-refractivity contribution in [3.8, 4) is 0 Å². The molecular formula is C11H8S2. The zero-order valence-corrected chi connectivity index (χ0v) is 8.62. The van der Waals surface area contributed by atoms with Gasteiger partial charge in [0.05, 0.1) is 0 Å². The van der Waals surface area contributed by atoms with Crippen LogP contribution in [0.5, 0.6) is 0 Å². The fraction of sp³-hybridized carbons (Fsp3) is 0.0909. The minimum Gasteiger partial charge on any atom is -0.0841 e. The molecule has 0 saturated heterocycles. The minimum absolute atomic E-state index is 1.14. The lowest BCUT2D eigenvalue weighted by molar-refractivity contribution is 1.42. The molecule has 0 atom stereocenters. The maximum atomic E-state index is 2.23. The van der Waals surface area contributed by atoms with Crippen molar-refractivity contribution in [1.29, 1.82) is 0 Å². The predicted molar refractivity (Wildman–Crippen MR) is 61.1 cm³/mol. The second-order valence-electron chi connectivity index (χ2n) is 3.12. The van der Waals surface area contributed by atoms with Gasteiger partial charge in [-0.3, -0.25) is 0 Å². The van der Waals surface area contributed by atoms with Crippen LogP contribution >= 0.6 is 21.6 Å². The Bertz CT molecular complexity index is 424. The van der Waals surface area contributed by atoms with Crippen LogP contribution in [0.25, 0.3) is 10.8 Å². The quantitative estimate of drug-likeness (QED) is 0.593. The number of benzene rings is 2. The van der Waals surface area contributed by atoms with Crippen LogP contribution in [0.2, 0.25) is 0 Å². The Balaban J connectivity index is 2.49. The zero-order chi connectivity index (χ0) is 8.67. The molecule has 0 bridgehead atoms. The van der Waals surface area contributed by atoms with E-state index >= 15 is 0 Å². The maximum Gasteiger partial charge on any atom is 0.0298 e. The highest BCUT2D eigenvalue weighted by molar-refractivity contribution is 8.76. The number of rotatable bonds is 0. The molecule has 0 N–H and O–H groups in total. The van der Waals surface area contributed by atoms with Gasteiger partial charge in [0.2, 0.25) is 0 Å². The molecule has 2 aromatic rings. The van der Waals surface area contributed by atoms with Crippen LogP contribution in [0.1, 0.15) is 5.56 Å². The van der Waals surface area contributed by atoms with Crippen LogP contribution in [-0.2, 0) is 5.75 Å². The van der Waals surface area contributed by atoms with Gasteiger partial charge in [-0.05, 0) is 17.0 Å². The molecule has 0 radical (unpaired) electrons. The predicted octanol–water partition coefficient (Wildman–Crippen LogP) is 4.09. The van der Waals surface area contributed by atoms with E-state index in [1.165, 1.54) is 21.2 Å². The molecule has 1 aliphatic rings. The molecule has 3 rings (SSSR count). The van der Waals surface area contributed by atoms with E-state index in [2.05, 4.69) is 36.4 Å². The first-order valence-corrected chi connectivity index (χ1v) is 6.57.